The molecule has 5 heteroatoms. The number of hydrogen-bond acceptors (Lipinski definition) is 4. The van der Waals surface area contributed by atoms with E-state index in [-0.39, 0.29) is 24.2 Å². The third kappa shape index (κ3) is 6.13. The Hall–Kier alpha value is -1.59. The monoisotopic (exact) mass is 335 g/mol. The van der Waals surface area contributed by atoms with Gasteiger partial charge in [0, 0.05) is 0 Å². The van der Waals surface area contributed by atoms with E-state index >= 15 is 0 Å². The summed E-state index contributed by atoms with van der Waals surface area (Å²) in [5, 5.41) is 2.93. The molecule has 5 nitrogen and oxygen atoms in total. The Balaban J connectivity index is 1.76. The van der Waals surface area contributed by atoms with Crippen LogP contribution in [-0.2, 0) is 20.8 Å². The summed E-state index contributed by atoms with van der Waals surface area (Å²) in [6, 6.07) is 9.96. The number of hydrogen-bond donors (Lipinski definition) is 1. The van der Waals surface area contributed by atoms with Crippen molar-refractivity contribution in [3.63, 3.8) is 0 Å². The van der Waals surface area contributed by atoms with Gasteiger partial charge in [0.2, 0.25) is 0 Å². The minimum atomic E-state index is -0.506. The molecular formula is C19H29NO4. The van der Waals surface area contributed by atoms with E-state index in [2.05, 4.69) is 19.2 Å². The van der Waals surface area contributed by atoms with Crippen molar-refractivity contribution in [2.45, 2.75) is 65.1 Å². The van der Waals surface area contributed by atoms with Crippen LogP contribution in [0.5, 0.6) is 0 Å². The first-order valence-electron chi connectivity index (χ1n) is 8.53. The lowest BCUT2D eigenvalue weighted by Gasteiger charge is -2.25. The molecule has 134 valence electrons. The Morgan fingerprint density at radius 1 is 1.25 bits per heavy atom. The molecule has 2 rings (SSSR count). The molecule has 0 aromatic heterocycles. The predicted molar refractivity (Wildman–Crippen MR) is 92.8 cm³/mol. The smallest absolute Gasteiger partial charge is 0.407 e. The molecule has 1 aromatic rings. The number of carbonyl (C=O) groups is 1. The maximum atomic E-state index is 12.0. The molecule has 1 amide bonds. The number of benzene rings is 1. The van der Waals surface area contributed by atoms with Crippen LogP contribution in [0.25, 0.3) is 0 Å². The van der Waals surface area contributed by atoms with Gasteiger partial charge in [0.15, 0.2) is 0 Å². The van der Waals surface area contributed by atoms with E-state index in [1.165, 1.54) is 0 Å². The molecule has 24 heavy (non-hydrogen) atoms. The van der Waals surface area contributed by atoms with Gasteiger partial charge < -0.3 is 19.5 Å². The maximum Gasteiger partial charge on any atom is 0.407 e. The van der Waals surface area contributed by atoms with Gasteiger partial charge in [0.25, 0.3) is 0 Å². The summed E-state index contributed by atoms with van der Waals surface area (Å²) in [5.41, 5.74) is 0.635. The normalized spacial score (nSPS) is 21.4. The van der Waals surface area contributed by atoms with Gasteiger partial charge in [0.05, 0.1) is 19.3 Å². The van der Waals surface area contributed by atoms with E-state index in [1.807, 2.05) is 51.1 Å². The second kappa shape index (κ2) is 7.99. The van der Waals surface area contributed by atoms with E-state index in [9.17, 15) is 4.79 Å². The van der Waals surface area contributed by atoms with E-state index in [0.717, 1.165) is 5.56 Å². The van der Waals surface area contributed by atoms with Crippen molar-refractivity contribution in [3.8, 4) is 0 Å². The van der Waals surface area contributed by atoms with Crippen LogP contribution in [0.3, 0.4) is 0 Å². The second-order valence-electron chi connectivity index (χ2n) is 7.56. The average molecular weight is 335 g/mol. The van der Waals surface area contributed by atoms with Crippen LogP contribution in [0, 0.1) is 5.92 Å². The van der Waals surface area contributed by atoms with Gasteiger partial charge in [-0.2, -0.15) is 0 Å². The van der Waals surface area contributed by atoms with Crippen molar-refractivity contribution in [3.05, 3.63) is 35.9 Å². The lowest BCUT2D eigenvalue weighted by molar-refractivity contribution is 0.0478. The molecule has 3 atom stereocenters. The lowest BCUT2D eigenvalue weighted by atomic mass is 9.99. The number of carbonyl (C=O) groups excluding carboxylic acids is 1. The zero-order chi connectivity index (χ0) is 17.7. The summed E-state index contributed by atoms with van der Waals surface area (Å²) in [6.07, 6.45) is -0.398. The fourth-order valence-corrected chi connectivity index (χ4v) is 2.55. The Morgan fingerprint density at radius 2 is 1.92 bits per heavy atom. The minimum Gasteiger partial charge on any atom is -0.444 e. The van der Waals surface area contributed by atoms with Crippen molar-refractivity contribution >= 4 is 6.09 Å². The molecule has 0 radical (unpaired) electrons. The highest BCUT2D eigenvalue weighted by molar-refractivity contribution is 5.68. The zero-order valence-electron chi connectivity index (χ0n) is 15.2. The van der Waals surface area contributed by atoms with E-state index < -0.39 is 11.7 Å². The molecule has 1 aromatic carbocycles. The minimum absolute atomic E-state index is 0.0201. The fraction of sp³-hybridized carbons (Fsp3) is 0.632. The number of amides is 1. The van der Waals surface area contributed by atoms with Crippen LogP contribution >= 0.6 is 0 Å². The topological polar surface area (TPSA) is 60.1 Å². The molecule has 1 N–H and O–H groups in total. The molecule has 1 fully saturated rings. The van der Waals surface area contributed by atoms with Gasteiger partial charge in [0.1, 0.15) is 17.8 Å². The molecule has 0 saturated carbocycles. The molecular weight excluding hydrogens is 306 g/mol. The molecule has 1 aliphatic heterocycles. The van der Waals surface area contributed by atoms with Crippen LogP contribution in [0.15, 0.2) is 30.3 Å². The Kier molecular flexibility index (Phi) is 6.24. The van der Waals surface area contributed by atoms with Crippen molar-refractivity contribution in [1.29, 1.82) is 0 Å². The van der Waals surface area contributed by atoms with Gasteiger partial charge in [-0.05, 0) is 32.3 Å². The van der Waals surface area contributed by atoms with E-state index in [0.29, 0.717) is 13.2 Å². The summed E-state index contributed by atoms with van der Waals surface area (Å²) < 4.78 is 16.8. The highest BCUT2D eigenvalue weighted by atomic mass is 16.6. The molecule has 1 heterocycles. The van der Waals surface area contributed by atoms with Crippen LogP contribution < -0.4 is 5.32 Å². The third-order valence-corrected chi connectivity index (χ3v) is 3.77. The quantitative estimate of drug-likeness (QED) is 0.775. The predicted octanol–water partition coefficient (Wildman–Crippen LogP) is 3.52. The van der Waals surface area contributed by atoms with Crippen LogP contribution in [0.1, 0.15) is 40.2 Å². The van der Waals surface area contributed by atoms with Gasteiger partial charge in [-0.25, -0.2) is 4.79 Å². The van der Waals surface area contributed by atoms with Gasteiger partial charge in [-0.1, -0.05) is 44.2 Å². The van der Waals surface area contributed by atoms with Crippen LogP contribution in [0.4, 0.5) is 4.79 Å². The molecule has 1 aliphatic rings. The zero-order valence-corrected chi connectivity index (χ0v) is 15.2. The Bertz CT molecular complexity index is 524. The maximum absolute atomic E-state index is 12.0. The highest BCUT2D eigenvalue weighted by Gasteiger charge is 2.47. The van der Waals surface area contributed by atoms with Crippen molar-refractivity contribution in [2.24, 2.45) is 5.92 Å². The number of alkyl carbamates (subject to hydrolysis) is 1. The lowest BCUT2D eigenvalue weighted by Crippen LogP contribution is -2.45. The first-order chi connectivity index (χ1) is 11.3. The highest BCUT2D eigenvalue weighted by Crippen LogP contribution is 2.29. The van der Waals surface area contributed by atoms with Crippen molar-refractivity contribution in [2.75, 3.05) is 6.61 Å². The fourth-order valence-electron chi connectivity index (χ4n) is 2.55. The van der Waals surface area contributed by atoms with Gasteiger partial charge in [-0.15, -0.1) is 0 Å². The van der Waals surface area contributed by atoms with E-state index in [1.54, 1.807) is 0 Å². The molecule has 1 saturated heterocycles. The van der Waals surface area contributed by atoms with Crippen molar-refractivity contribution in [1.82, 2.24) is 5.32 Å². The van der Waals surface area contributed by atoms with Gasteiger partial charge >= 0.3 is 6.09 Å². The number of nitrogens with one attached hydrogen (secondary N) is 1. The molecule has 0 aliphatic carbocycles. The summed E-state index contributed by atoms with van der Waals surface area (Å²) in [5.74, 6) is 0.252. The Labute approximate surface area is 144 Å². The number of epoxide rings is 1. The average Bonchev–Trinajstić information content (AvgIpc) is 3.23. The summed E-state index contributed by atoms with van der Waals surface area (Å²) in [4.78, 5) is 12.0. The first kappa shape index (κ1) is 18.7. The SMILES string of the molecule is CC(C)C(NC(=O)OC(C)(C)C)[C@H]1O[C@H]1COCc1ccccc1. The third-order valence-electron chi connectivity index (χ3n) is 3.77. The number of ether oxygens (including phenoxy) is 3. The van der Waals surface area contributed by atoms with Crippen molar-refractivity contribution < 1.29 is 19.0 Å². The summed E-state index contributed by atoms with van der Waals surface area (Å²) in [6.45, 7) is 10.8. The standard InChI is InChI=1S/C19H29NO4/c1-13(2)16(20-18(21)24-19(3,4)5)17-15(23-17)12-22-11-14-9-7-6-8-10-14/h6-10,13,15-17H,11-12H2,1-5H3,(H,20,21)/t15-,16?,17-/m0/s1. The first-order valence-corrected chi connectivity index (χ1v) is 8.53. The summed E-state index contributed by atoms with van der Waals surface area (Å²) in [7, 11) is 0. The molecule has 1 unspecified atom stereocenters. The molecule has 0 bridgehead atoms. The van der Waals surface area contributed by atoms with Gasteiger partial charge in [-0.3, -0.25) is 0 Å². The largest absolute Gasteiger partial charge is 0.444 e. The number of rotatable bonds is 7. The van der Waals surface area contributed by atoms with Crippen LogP contribution in [0.2, 0.25) is 0 Å². The Morgan fingerprint density at radius 3 is 2.50 bits per heavy atom. The van der Waals surface area contributed by atoms with E-state index in [4.69, 9.17) is 14.2 Å². The molecule has 0 spiro atoms. The summed E-state index contributed by atoms with van der Waals surface area (Å²) >= 11 is 0. The second-order valence-corrected chi connectivity index (χ2v) is 7.56. The van der Waals surface area contributed by atoms with Crippen LogP contribution in [-0.4, -0.2) is 36.6 Å².